The van der Waals surface area contributed by atoms with Crippen molar-refractivity contribution in [1.82, 2.24) is 9.97 Å². The van der Waals surface area contributed by atoms with Crippen LogP contribution in [0.5, 0.6) is 0 Å². The predicted octanol–water partition coefficient (Wildman–Crippen LogP) is 4.06. The Hall–Kier alpha value is -1.80. The van der Waals surface area contributed by atoms with E-state index in [0.29, 0.717) is 0 Å². The SMILES string of the molecule is O=C(O)[C@@H]1C[C@H]1c1ccc(Br)nc1.O=C(O)[C@H]1C[C@@H]1c1ccc(Br)nc1. The van der Waals surface area contributed by atoms with Gasteiger partial charge in [-0.2, -0.15) is 0 Å². The minimum atomic E-state index is -0.701. The van der Waals surface area contributed by atoms with Gasteiger partial charge in [0.05, 0.1) is 11.8 Å². The number of carbonyl (C=O) groups is 2. The number of halogens is 2. The topological polar surface area (TPSA) is 100 Å². The Morgan fingerprint density at radius 3 is 1.42 bits per heavy atom. The van der Waals surface area contributed by atoms with Crippen LogP contribution >= 0.6 is 31.9 Å². The largest absolute Gasteiger partial charge is 0.481 e. The van der Waals surface area contributed by atoms with Crippen LogP contribution in [-0.4, -0.2) is 32.1 Å². The minimum Gasteiger partial charge on any atom is -0.481 e. The highest BCUT2D eigenvalue weighted by Gasteiger charge is 2.44. The van der Waals surface area contributed by atoms with E-state index in [9.17, 15) is 9.59 Å². The lowest BCUT2D eigenvalue weighted by Crippen LogP contribution is -1.98. The van der Waals surface area contributed by atoms with E-state index < -0.39 is 11.9 Å². The van der Waals surface area contributed by atoms with Crippen molar-refractivity contribution < 1.29 is 19.8 Å². The molecule has 136 valence electrons. The lowest BCUT2D eigenvalue weighted by atomic mass is 10.1. The monoisotopic (exact) mass is 482 g/mol. The highest BCUT2D eigenvalue weighted by molar-refractivity contribution is 9.10. The molecule has 0 spiro atoms. The summed E-state index contributed by atoms with van der Waals surface area (Å²) in [5.74, 6) is -1.43. The summed E-state index contributed by atoms with van der Waals surface area (Å²) in [6, 6.07) is 7.52. The Bertz CT molecular complexity index is 741. The molecule has 2 saturated carbocycles. The van der Waals surface area contributed by atoms with Gasteiger partial charge in [0.15, 0.2) is 0 Å². The first-order valence-corrected chi connectivity index (χ1v) is 9.64. The molecule has 2 fully saturated rings. The molecule has 2 aliphatic carbocycles. The minimum absolute atomic E-state index is 0.179. The van der Waals surface area contributed by atoms with Gasteiger partial charge in [0.25, 0.3) is 0 Å². The van der Waals surface area contributed by atoms with Gasteiger partial charge in [-0.05, 0) is 79.8 Å². The van der Waals surface area contributed by atoms with E-state index in [1.54, 1.807) is 12.4 Å². The molecule has 0 amide bonds. The van der Waals surface area contributed by atoms with E-state index in [4.69, 9.17) is 10.2 Å². The van der Waals surface area contributed by atoms with Crippen LogP contribution in [0.25, 0.3) is 0 Å². The first-order valence-electron chi connectivity index (χ1n) is 8.05. The molecule has 2 heterocycles. The van der Waals surface area contributed by atoms with Crippen molar-refractivity contribution in [2.24, 2.45) is 11.8 Å². The van der Waals surface area contributed by atoms with Crippen LogP contribution in [0.4, 0.5) is 0 Å². The summed E-state index contributed by atoms with van der Waals surface area (Å²) >= 11 is 6.46. The number of pyridine rings is 2. The molecule has 2 aromatic heterocycles. The van der Waals surface area contributed by atoms with Gasteiger partial charge in [-0.15, -0.1) is 0 Å². The summed E-state index contributed by atoms with van der Waals surface area (Å²) < 4.78 is 1.56. The molecule has 2 aromatic rings. The number of rotatable bonds is 4. The van der Waals surface area contributed by atoms with E-state index >= 15 is 0 Å². The average molecular weight is 484 g/mol. The lowest BCUT2D eigenvalue weighted by Gasteiger charge is -1.96. The Morgan fingerprint density at radius 1 is 0.808 bits per heavy atom. The number of hydrogen-bond acceptors (Lipinski definition) is 4. The fraction of sp³-hybridized carbons (Fsp3) is 0.333. The quantitative estimate of drug-likeness (QED) is 0.636. The first-order chi connectivity index (χ1) is 12.4. The smallest absolute Gasteiger partial charge is 0.307 e. The third kappa shape index (κ3) is 4.67. The van der Waals surface area contributed by atoms with Crippen LogP contribution in [0.2, 0.25) is 0 Å². The van der Waals surface area contributed by atoms with Gasteiger partial charge >= 0.3 is 11.9 Å². The first kappa shape index (κ1) is 19.0. The Kier molecular flexibility index (Phi) is 5.72. The lowest BCUT2D eigenvalue weighted by molar-refractivity contribution is -0.139. The van der Waals surface area contributed by atoms with Crippen molar-refractivity contribution >= 4 is 43.8 Å². The Morgan fingerprint density at radius 2 is 1.19 bits per heavy atom. The number of carboxylic acids is 2. The van der Waals surface area contributed by atoms with Crippen LogP contribution < -0.4 is 0 Å². The summed E-state index contributed by atoms with van der Waals surface area (Å²) in [7, 11) is 0. The number of aromatic nitrogens is 2. The van der Waals surface area contributed by atoms with Crippen LogP contribution in [0.3, 0.4) is 0 Å². The normalized spacial score (nSPS) is 25.6. The van der Waals surface area contributed by atoms with E-state index in [2.05, 4.69) is 41.8 Å². The third-order valence-corrected chi connectivity index (χ3v) is 5.51. The average Bonchev–Trinajstić information content (AvgIpc) is 3.49. The van der Waals surface area contributed by atoms with Gasteiger partial charge < -0.3 is 10.2 Å². The zero-order chi connectivity index (χ0) is 18.8. The molecular formula is C18H16Br2N2O4. The standard InChI is InChI=1S/2C9H8BrNO2/c2*10-8-2-1-5(4-11-8)6-3-7(6)9(12)13/h2*1-2,4,6-7H,3H2,(H,12,13)/t2*6-,7+/m10/s1. The highest BCUT2D eigenvalue weighted by Crippen LogP contribution is 2.48. The second-order valence-electron chi connectivity index (χ2n) is 6.40. The van der Waals surface area contributed by atoms with Crippen molar-refractivity contribution in [3.63, 3.8) is 0 Å². The van der Waals surface area contributed by atoms with Crippen LogP contribution in [-0.2, 0) is 9.59 Å². The molecule has 2 N–H and O–H groups in total. The summed E-state index contributed by atoms with van der Waals surface area (Å²) in [6.07, 6.45) is 4.96. The highest BCUT2D eigenvalue weighted by atomic mass is 79.9. The molecule has 4 atom stereocenters. The molecule has 0 radical (unpaired) electrons. The van der Waals surface area contributed by atoms with Crippen LogP contribution in [0.15, 0.2) is 45.9 Å². The van der Waals surface area contributed by atoms with Crippen molar-refractivity contribution in [3.8, 4) is 0 Å². The van der Waals surface area contributed by atoms with Crippen LogP contribution in [0, 0.1) is 11.8 Å². The summed E-state index contributed by atoms with van der Waals surface area (Å²) in [6.45, 7) is 0. The summed E-state index contributed by atoms with van der Waals surface area (Å²) in [4.78, 5) is 29.3. The number of aliphatic carboxylic acids is 2. The molecule has 0 aliphatic heterocycles. The van der Waals surface area contributed by atoms with Crippen molar-refractivity contribution in [2.45, 2.75) is 24.7 Å². The van der Waals surface area contributed by atoms with Crippen LogP contribution in [0.1, 0.15) is 35.8 Å². The van der Waals surface area contributed by atoms with Crippen molar-refractivity contribution in [2.75, 3.05) is 0 Å². The molecular weight excluding hydrogens is 468 g/mol. The third-order valence-electron chi connectivity index (χ3n) is 4.57. The maximum atomic E-state index is 10.6. The predicted molar refractivity (Wildman–Crippen MR) is 101 cm³/mol. The van der Waals surface area contributed by atoms with Gasteiger partial charge in [-0.3, -0.25) is 9.59 Å². The Labute approximate surface area is 166 Å². The molecule has 6 nitrogen and oxygen atoms in total. The molecule has 2 aliphatic rings. The van der Waals surface area contributed by atoms with Gasteiger partial charge in [0.2, 0.25) is 0 Å². The summed E-state index contributed by atoms with van der Waals surface area (Å²) in [5, 5.41) is 17.4. The van der Waals surface area contributed by atoms with Crippen molar-refractivity contribution in [1.29, 1.82) is 0 Å². The zero-order valence-corrected chi connectivity index (χ0v) is 16.7. The second kappa shape index (κ2) is 7.84. The van der Waals surface area contributed by atoms with Gasteiger partial charge in [0.1, 0.15) is 9.21 Å². The molecule has 0 unspecified atom stereocenters. The van der Waals surface area contributed by atoms with Crippen molar-refractivity contribution in [3.05, 3.63) is 57.0 Å². The van der Waals surface area contributed by atoms with E-state index in [-0.39, 0.29) is 23.7 Å². The Balaban J connectivity index is 0.000000151. The number of hydrogen-bond donors (Lipinski definition) is 2. The maximum Gasteiger partial charge on any atom is 0.307 e. The fourth-order valence-electron chi connectivity index (χ4n) is 2.89. The van der Waals surface area contributed by atoms with E-state index in [0.717, 1.165) is 33.2 Å². The molecule has 4 rings (SSSR count). The molecule has 0 aromatic carbocycles. The van der Waals surface area contributed by atoms with Gasteiger partial charge in [-0.25, -0.2) is 9.97 Å². The number of carboxylic acid groups (broad SMARTS) is 2. The fourth-order valence-corrected chi connectivity index (χ4v) is 3.35. The van der Waals surface area contributed by atoms with Gasteiger partial charge in [0, 0.05) is 12.4 Å². The summed E-state index contributed by atoms with van der Waals surface area (Å²) in [5.41, 5.74) is 2.05. The molecule has 26 heavy (non-hydrogen) atoms. The molecule has 8 heteroatoms. The number of nitrogens with zero attached hydrogens (tertiary/aromatic N) is 2. The van der Waals surface area contributed by atoms with Gasteiger partial charge in [-0.1, -0.05) is 12.1 Å². The van der Waals surface area contributed by atoms with E-state index in [1.165, 1.54) is 0 Å². The van der Waals surface area contributed by atoms with E-state index in [1.807, 2.05) is 24.3 Å². The second-order valence-corrected chi connectivity index (χ2v) is 8.03. The molecule has 0 saturated heterocycles. The maximum absolute atomic E-state index is 10.6. The zero-order valence-electron chi connectivity index (χ0n) is 13.5. The molecule has 0 bridgehead atoms.